The van der Waals surface area contributed by atoms with Crippen LogP contribution in [-0.4, -0.2) is 45.3 Å². The van der Waals surface area contributed by atoms with E-state index in [9.17, 15) is 0 Å². The first-order valence-electron chi connectivity index (χ1n) is 5.77. The summed E-state index contributed by atoms with van der Waals surface area (Å²) in [6.45, 7) is 3.58. The van der Waals surface area contributed by atoms with Crippen LogP contribution in [0.3, 0.4) is 0 Å². The number of nitrogens with zero attached hydrogens (tertiary/aromatic N) is 5. The lowest BCUT2D eigenvalue weighted by Crippen LogP contribution is -2.46. The van der Waals surface area contributed by atoms with E-state index in [-0.39, 0.29) is 0 Å². The number of anilines is 1. The third-order valence-electron chi connectivity index (χ3n) is 2.97. The van der Waals surface area contributed by atoms with E-state index in [4.69, 9.17) is 4.74 Å². The maximum atomic E-state index is 5.08. The van der Waals surface area contributed by atoms with Crippen molar-refractivity contribution in [3.8, 4) is 5.88 Å². The minimum absolute atomic E-state index is 0.352. The maximum Gasteiger partial charge on any atom is 0.228 e. The smallest absolute Gasteiger partial charge is 0.228 e. The summed E-state index contributed by atoms with van der Waals surface area (Å²) in [5, 5.41) is 7.03. The zero-order valence-corrected chi connectivity index (χ0v) is 10.3. The molecule has 0 atom stereocenters. The number of methoxy groups -OCH3 is 1. The Labute approximate surface area is 104 Å². The second-order valence-corrected chi connectivity index (χ2v) is 4.28. The number of nitrogens with one attached hydrogen (secondary N) is 1. The number of aromatic amines is 1. The molecule has 0 radical (unpaired) electrons. The number of rotatable bonds is 3. The normalized spacial score (nSPS) is 15.6. The monoisotopic (exact) mass is 246 g/mol. The molecule has 94 valence electrons. The van der Waals surface area contributed by atoms with Gasteiger partial charge < -0.3 is 9.64 Å². The van der Waals surface area contributed by atoms with Gasteiger partial charge in [-0.15, -0.1) is 0 Å². The quantitative estimate of drug-likeness (QED) is 0.850. The molecule has 2 aromatic rings. The van der Waals surface area contributed by atoms with Crippen LogP contribution in [0.15, 0.2) is 12.3 Å². The number of aromatic nitrogens is 5. The summed E-state index contributed by atoms with van der Waals surface area (Å²) in [6, 6.07) is 1.74. The van der Waals surface area contributed by atoms with Crippen LogP contribution in [-0.2, 0) is 0 Å². The van der Waals surface area contributed by atoms with Crippen LogP contribution in [0.1, 0.15) is 17.6 Å². The van der Waals surface area contributed by atoms with E-state index in [1.54, 1.807) is 19.4 Å². The molecule has 0 unspecified atom stereocenters. The zero-order valence-electron chi connectivity index (χ0n) is 10.3. The molecule has 3 rings (SSSR count). The summed E-state index contributed by atoms with van der Waals surface area (Å²) < 4.78 is 5.08. The summed E-state index contributed by atoms with van der Waals surface area (Å²) in [7, 11) is 1.60. The van der Waals surface area contributed by atoms with Crippen molar-refractivity contribution in [3.63, 3.8) is 0 Å². The van der Waals surface area contributed by atoms with Crippen LogP contribution in [0.25, 0.3) is 0 Å². The van der Waals surface area contributed by atoms with Crippen molar-refractivity contribution in [1.82, 2.24) is 25.1 Å². The van der Waals surface area contributed by atoms with Gasteiger partial charge in [-0.2, -0.15) is 10.1 Å². The van der Waals surface area contributed by atoms with E-state index in [0.717, 1.165) is 24.7 Å². The van der Waals surface area contributed by atoms with Crippen molar-refractivity contribution < 1.29 is 4.74 Å². The number of hydrogen-bond acceptors (Lipinski definition) is 6. The Bertz CT molecular complexity index is 548. The lowest BCUT2D eigenvalue weighted by atomic mass is 10.0. The Kier molecular flexibility index (Phi) is 2.58. The lowest BCUT2D eigenvalue weighted by molar-refractivity contribution is 0.394. The topological polar surface area (TPSA) is 79.8 Å². The molecule has 0 bridgehead atoms. The molecule has 2 aromatic heterocycles. The van der Waals surface area contributed by atoms with E-state index in [2.05, 4.69) is 30.0 Å². The second kappa shape index (κ2) is 4.25. The van der Waals surface area contributed by atoms with Gasteiger partial charge in [0.05, 0.1) is 13.0 Å². The highest BCUT2D eigenvalue weighted by molar-refractivity contribution is 5.38. The van der Waals surface area contributed by atoms with Crippen LogP contribution >= 0.6 is 0 Å². The third kappa shape index (κ3) is 1.87. The fourth-order valence-corrected chi connectivity index (χ4v) is 1.95. The minimum atomic E-state index is 0.352. The maximum absolute atomic E-state index is 5.08. The molecule has 3 heterocycles. The third-order valence-corrected chi connectivity index (χ3v) is 2.97. The molecule has 7 nitrogen and oxygen atoms in total. The Morgan fingerprint density at radius 1 is 1.39 bits per heavy atom. The first-order chi connectivity index (χ1) is 8.76. The van der Waals surface area contributed by atoms with Crippen LogP contribution in [0.5, 0.6) is 5.88 Å². The van der Waals surface area contributed by atoms with Gasteiger partial charge in [-0.25, -0.2) is 9.97 Å². The van der Waals surface area contributed by atoms with Gasteiger partial charge >= 0.3 is 0 Å². The Morgan fingerprint density at radius 2 is 2.22 bits per heavy atom. The Hall–Kier alpha value is -2.18. The van der Waals surface area contributed by atoms with Gasteiger partial charge in [-0.3, -0.25) is 5.10 Å². The highest BCUT2D eigenvalue weighted by Gasteiger charge is 2.32. The van der Waals surface area contributed by atoms with Crippen LogP contribution in [0.2, 0.25) is 0 Å². The van der Waals surface area contributed by atoms with Gasteiger partial charge in [0.15, 0.2) is 5.82 Å². The molecule has 0 aromatic carbocycles. The second-order valence-electron chi connectivity index (χ2n) is 4.28. The molecule has 1 fully saturated rings. The van der Waals surface area contributed by atoms with Crippen molar-refractivity contribution in [3.05, 3.63) is 23.9 Å². The predicted molar refractivity (Wildman–Crippen MR) is 64.7 cm³/mol. The molecule has 1 saturated heterocycles. The molecule has 1 aliphatic rings. The van der Waals surface area contributed by atoms with E-state index < -0.39 is 0 Å². The summed E-state index contributed by atoms with van der Waals surface area (Å²) >= 11 is 0. The van der Waals surface area contributed by atoms with Gasteiger partial charge in [0, 0.05) is 25.4 Å². The number of ether oxygens (including phenoxy) is 1. The number of hydrogen-bond donors (Lipinski definition) is 1. The first-order valence-corrected chi connectivity index (χ1v) is 5.77. The van der Waals surface area contributed by atoms with Crippen molar-refractivity contribution in [2.45, 2.75) is 12.8 Å². The highest BCUT2D eigenvalue weighted by Crippen LogP contribution is 2.28. The minimum Gasteiger partial charge on any atom is -0.481 e. The van der Waals surface area contributed by atoms with Crippen LogP contribution in [0, 0.1) is 6.92 Å². The SMILES string of the molecule is COc1ccnc(N2CC(c3n[nH]c(C)n3)C2)n1. The van der Waals surface area contributed by atoms with Crippen LogP contribution < -0.4 is 9.64 Å². The molecular formula is C11H14N6O. The first kappa shape index (κ1) is 10.9. The molecule has 1 N–H and O–H groups in total. The van der Waals surface area contributed by atoms with Gasteiger partial charge in [-0.05, 0) is 6.92 Å². The zero-order chi connectivity index (χ0) is 12.5. The Morgan fingerprint density at radius 3 is 2.89 bits per heavy atom. The van der Waals surface area contributed by atoms with E-state index >= 15 is 0 Å². The van der Waals surface area contributed by atoms with Gasteiger partial charge in [0.2, 0.25) is 11.8 Å². The summed E-state index contributed by atoms with van der Waals surface area (Å²) in [4.78, 5) is 14.9. The average Bonchev–Trinajstić information content (AvgIpc) is 2.74. The fraction of sp³-hybridized carbons (Fsp3) is 0.455. The van der Waals surface area contributed by atoms with Crippen molar-refractivity contribution in [2.24, 2.45) is 0 Å². The summed E-state index contributed by atoms with van der Waals surface area (Å²) in [6.07, 6.45) is 1.70. The molecule has 1 aliphatic heterocycles. The molecule has 0 spiro atoms. The van der Waals surface area contributed by atoms with Crippen molar-refractivity contribution in [2.75, 3.05) is 25.1 Å². The van der Waals surface area contributed by atoms with Crippen molar-refractivity contribution in [1.29, 1.82) is 0 Å². The van der Waals surface area contributed by atoms with E-state index in [1.807, 2.05) is 6.92 Å². The van der Waals surface area contributed by atoms with Crippen molar-refractivity contribution >= 4 is 5.95 Å². The molecule has 0 aliphatic carbocycles. The number of H-pyrrole nitrogens is 1. The highest BCUT2D eigenvalue weighted by atomic mass is 16.5. The van der Waals surface area contributed by atoms with E-state index in [0.29, 0.717) is 17.7 Å². The largest absolute Gasteiger partial charge is 0.481 e. The fourth-order valence-electron chi connectivity index (χ4n) is 1.95. The van der Waals surface area contributed by atoms with Gasteiger partial charge in [0.25, 0.3) is 0 Å². The Balaban J connectivity index is 1.68. The number of aryl methyl sites for hydroxylation is 1. The molecular weight excluding hydrogens is 232 g/mol. The molecule has 0 saturated carbocycles. The predicted octanol–water partition coefficient (Wildman–Crippen LogP) is 0.516. The summed E-state index contributed by atoms with van der Waals surface area (Å²) in [5.74, 6) is 3.34. The average molecular weight is 246 g/mol. The van der Waals surface area contributed by atoms with Gasteiger partial charge in [0.1, 0.15) is 5.82 Å². The van der Waals surface area contributed by atoms with E-state index in [1.165, 1.54) is 0 Å². The lowest BCUT2D eigenvalue weighted by Gasteiger charge is -2.37. The molecule has 18 heavy (non-hydrogen) atoms. The van der Waals surface area contributed by atoms with Gasteiger partial charge in [-0.1, -0.05) is 0 Å². The molecule has 0 amide bonds. The standard InChI is InChI=1S/C11H14N6O/c1-7-13-10(16-15-7)8-5-17(6-8)11-12-4-3-9(14-11)18-2/h3-4,8H,5-6H2,1-2H3,(H,13,15,16). The van der Waals surface area contributed by atoms with Crippen LogP contribution in [0.4, 0.5) is 5.95 Å². The molecule has 7 heteroatoms. The summed E-state index contributed by atoms with van der Waals surface area (Å²) in [5.41, 5.74) is 0.